The molecule has 0 unspecified atom stereocenters. The third kappa shape index (κ3) is 6.62. The summed E-state index contributed by atoms with van der Waals surface area (Å²) >= 11 is 0. The highest BCUT2D eigenvalue weighted by Crippen LogP contribution is 2.37. The summed E-state index contributed by atoms with van der Waals surface area (Å²) in [6.07, 6.45) is 9.17. The first-order valence-electron chi connectivity index (χ1n) is 11.2. The molecule has 0 amide bonds. The quantitative estimate of drug-likeness (QED) is 0.351. The molecule has 3 nitrogen and oxygen atoms in total. The van der Waals surface area contributed by atoms with Gasteiger partial charge in [-0.15, -0.1) is 0 Å². The molecule has 2 aromatic rings. The Morgan fingerprint density at radius 3 is 2.17 bits per heavy atom. The van der Waals surface area contributed by atoms with Crippen LogP contribution in [0.3, 0.4) is 0 Å². The molecule has 3 rings (SSSR count). The summed E-state index contributed by atoms with van der Waals surface area (Å²) in [4.78, 5) is 12.1. The number of rotatable bonds is 9. The highest BCUT2D eigenvalue weighted by atomic mass is 16.5. The molecule has 2 aromatic carbocycles. The zero-order valence-electron chi connectivity index (χ0n) is 17.9. The van der Waals surface area contributed by atoms with Crippen LogP contribution in [0.1, 0.15) is 75.8 Å². The smallest absolute Gasteiger partial charge is 0.311 e. The normalized spacial score (nSPS) is 19.0. The van der Waals surface area contributed by atoms with Crippen LogP contribution in [0.15, 0.2) is 48.5 Å². The van der Waals surface area contributed by atoms with E-state index in [0.29, 0.717) is 31.1 Å². The van der Waals surface area contributed by atoms with Crippen LogP contribution in [-0.2, 0) is 11.2 Å². The topological polar surface area (TPSA) is 35.5 Å². The number of aryl methyl sites for hydroxylation is 1. The Balaban J connectivity index is 1.43. The van der Waals surface area contributed by atoms with E-state index in [2.05, 4.69) is 31.2 Å². The second kappa shape index (κ2) is 11.0. The summed E-state index contributed by atoms with van der Waals surface area (Å²) in [5.41, 5.74) is 2.65. The molecule has 1 aliphatic rings. The standard InChI is InChI=1S/C26H34O3/c1-3-5-20-6-11-22(12-7-20)23-13-8-21(9-14-23)10-19-26(27)29-25-17-15-24(16-18-25)28-4-2/h8-9,13-18,20,22H,3-7,10-12,19H2,1-2H3/t20-,22-. The van der Waals surface area contributed by atoms with E-state index >= 15 is 0 Å². The van der Waals surface area contributed by atoms with Crippen LogP contribution >= 0.6 is 0 Å². The van der Waals surface area contributed by atoms with Crippen molar-refractivity contribution in [1.29, 1.82) is 0 Å². The second-order valence-electron chi connectivity index (χ2n) is 8.13. The number of benzene rings is 2. The van der Waals surface area contributed by atoms with Gasteiger partial charge in [-0.2, -0.15) is 0 Å². The molecule has 1 fully saturated rings. The van der Waals surface area contributed by atoms with Gasteiger partial charge in [-0.3, -0.25) is 4.79 Å². The van der Waals surface area contributed by atoms with Crippen LogP contribution in [0, 0.1) is 5.92 Å². The van der Waals surface area contributed by atoms with Gasteiger partial charge < -0.3 is 9.47 Å². The average molecular weight is 395 g/mol. The van der Waals surface area contributed by atoms with E-state index in [-0.39, 0.29) is 5.97 Å². The van der Waals surface area contributed by atoms with Gasteiger partial charge in [-0.05, 0) is 86.3 Å². The van der Waals surface area contributed by atoms with Crippen molar-refractivity contribution in [1.82, 2.24) is 0 Å². The molecule has 0 bridgehead atoms. The predicted molar refractivity (Wildman–Crippen MR) is 118 cm³/mol. The molecule has 0 saturated heterocycles. The summed E-state index contributed by atoms with van der Waals surface area (Å²) < 4.78 is 10.8. The van der Waals surface area contributed by atoms with Crippen LogP contribution in [0.25, 0.3) is 0 Å². The van der Waals surface area contributed by atoms with Crippen molar-refractivity contribution >= 4 is 5.97 Å². The molecule has 0 N–H and O–H groups in total. The van der Waals surface area contributed by atoms with E-state index in [4.69, 9.17) is 9.47 Å². The maximum atomic E-state index is 12.1. The number of hydrogen-bond acceptors (Lipinski definition) is 3. The summed E-state index contributed by atoms with van der Waals surface area (Å²) in [5, 5.41) is 0. The molecule has 3 heteroatoms. The van der Waals surface area contributed by atoms with E-state index < -0.39 is 0 Å². The Labute approximate surface area is 175 Å². The van der Waals surface area contributed by atoms with Gasteiger partial charge in [0.1, 0.15) is 11.5 Å². The van der Waals surface area contributed by atoms with Crippen LogP contribution in [0.2, 0.25) is 0 Å². The number of ether oxygens (including phenoxy) is 2. The van der Waals surface area contributed by atoms with Crippen LogP contribution in [0.4, 0.5) is 0 Å². The third-order valence-electron chi connectivity index (χ3n) is 5.98. The first-order chi connectivity index (χ1) is 14.2. The fraction of sp³-hybridized carbons (Fsp3) is 0.500. The van der Waals surface area contributed by atoms with Crippen molar-refractivity contribution in [2.75, 3.05) is 6.61 Å². The maximum Gasteiger partial charge on any atom is 0.311 e. The lowest BCUT2D eigenvalue weighted by molar-refractivity contribution is -0.134. The van der Waals surface area contributed by atoms with Crippen molar-refractivity contribution in [3.8, 4) is 11.5 Å². The van der Waals surface area contributed by atoms with Gasteiger partial charge >= 0.3 is 5.97 Å². The van der Waals surface area contributed by atoms with E-state index in [1.165, 1.54) is 49.7 Å². The Bertz CT molecular complexity index is 741. The lowest BCUT2D eigenvalue weighted by Crippen LogP contribution is -2.13. The number of carbonyl (C=O) groups excluding carboxylic acids is 1. The van der Waals surface area contributed by atoms with Crippen LogP contribution < -0.4 is 9.47 Å². The van der Waals surface area contributed by atoms with Gasteiger partial charge in [-0.1, -0.05) is 44.0 Å². The zero-order chi connectivity index (χ0) is 20.5. The van der Waals surface area contributed by atoms with E-state index in [0.717, 1.165) is 11.7 Å². The summed E-state index contributed by atoms with van der Waals surface area (Å²) in [6, 6.07) is 16.1. The van der Waals surface area contributed by atoms with Crippen molar-refractivity contribution in [3.63, 3.8) is 0 Å². The lowest BCUT2D eigenvalue weighted by Gasteiger charge is -2.28. The van der Waals surface area contributed by atoms with Gasteiger partial charge in [0, 0.05) is 6.42 Å². The monoisotopic (exact) mass is 394 g/mol. The third-order valence-corrected chi connectivity index (χ3v) is 5.98. The molecule has 1 aliphatic carbocycles. The lowest BCUT2D eigenvalue weighted by atomic mass is 9.77. The minimum atomic E-state index is -0.201. The van der Waals surface area contributed by atoms with Crippen LogP contribution in [0.5, 0.6) is 11.5 Å². The minimum Gasteiger partial charge on any atom is -0.494 e. The highest BCUT2D eigenvalue weighted by Gasteiger charge is 2.21. The average Bonchev–Trinajstić information content (AvgIpc) is 2.75. The molecule has 0 aliphatic heterocycles. The predicted octanol–water partition coefficient (Wildman–Crippen LogP) is 6.70. The van der Waals surface area contributed by atoms with Crippen molar-refractivity contribution < 1.29 is 14.3 Å². The van der Waals surface area contributed by atoms with Gasteiger partial charge in [-0.25, -0.2) is 0 Å². The van der Waals surface area contributed by atoms with Gasteiger partial charge in [0.05, 0.1) is 6.61 Å². The maximum absolute atomic E-state index is 12.1. The second-order valence-corrected chi connectivity index (χ2v) is 8.13. The molecule has 0 radical (unpaired) electrons. The Kier molecular flexibility index (Phi) is 8.15. The van der Waals surface area contributed by atoms with E-state index in [1.54, 1.807) is 12.1 Å². The zero-order valence-corrected chi connectivity index (χ0v) is 17.9. The molecule has 29 heavy (non-hydrogen) atoms. The molecule has 0 atom stereocenters. The first kappa shape index (κ1) is 21.4. The Morgan fingerprint density at radius 2 is 1.55 bits per heavy atom. The van der Waals surface area contributed by atoms with Gasteiger partial charge in [0.25, 0.3) is 0 Å². The molecular weight excluding hydrogens is 360 g/mol. The van der Waals surface area contributed by atoms with Gasteiger partial charge in [0.15, 0.2) is 0 Å². The highest BCUT2D eigenvalue weighted by molar-refractivity contribution is 5.72. The van der Waals surface area contributed by atoms with E-state index in [1.807, 2.05) is 19.1 Å². The summed E-state index contributed by atoms with van der Waals surface area (Å²) in [6.45, 7) is 4.86. The fourth-order valence-corrected chi connectivity index (χ4v) is 4.35. The molecule has 0 spiro atoms. The molecule has 0 aromatic heterocycles. The van der Waals surface area contributed by atoms with E-state index in [9.17, 15) is 4.79 Å². The molecule has 0 heterocycles. The molecular formula is C26H34O3. The SMILES string of the molecule is CCC[C@H]1CC[C@H](c2ccc(CCC(=O)Oc3ccc(OCC)cc3)cc2)CC1. The van der Waals surface area contributed by atoms with Crippen molar-refractivity contribution in [2.45, 2.75) is 71.1 Å². The summed E-state index contributed by atoms with van der Waals surface area (Å²) in [5.74, 6) is 2.80. The number of hydrogen-bond donors (Lipinski definition) is 0. The Morgan fingerprint density at radius 1 is 0.897 bits per heavy atom. The largest absolute Gasteiger partial charge is 0.494 e. The molecule has 1 saturated carbocycles. The molecule has 156 valence electrons. The first-order valence-corrected chi connectivity index (χ1v) is 11.2. The number of esters is 1. The number of carbonyl (C=O) groups is 1. The van der Waals surface area contributed by atoms with Crippen LogP contribution in [-0.4, -0.2) is 12.6 Å². The fourth-order valence-electron chi connectivity index (χ4n) is 4.35. The van der Waals surface area contributed by atoms with Crippen molar-refractivity contribution in [3.05, 3.63) is 59.7 Å². The minimum absolute atomic E-state index is 0.201. The van der Waals surface area contributed by atoms with Crippen molar-refractivity contribution in [2.24, 2.45) is 5.92 Å². The summed E-state index contributed by atoms with van der Waals surface area (Å²) in [7, 11) is 0. The Hall–Kier alpha value is -2.29. The van der Waals surface area contributed by atoms with Gasteiger partial charge in [0.2, 0.25) is 0 Å².